The number of nitrogens with zero attached hydrogens (tertiary/aromatic N) is 2. The molecule has 0 unspecified atom stereocenters. The summed E-state index contributed by atoms with van der Waals surface area (Å²) in [5.41, 5.74) is 6.80. The Kier molecular flexibility index (Phi) is 4.25. The highest BCUT2D eigenvalue weighted by molar-refractivity contribution is 9.10. The third-order valence-electron chi connectivity index (χ3n) is 2.41. The predicted molar refractivity (Wildman–Crippen MR) is 74.2 cm³/mol. The summed E-state index contributed by atoms with van der Waals surface area (Å²) in [5.74, 6) is 0. The van der Waals surface area contributed by atoms with Crippen LogP contribution in [0.25, 0.3) is 0 Å². The molecule has 1 aromatic heterocycles. The van der Waals surface area contributed by atoms with Crippen LogP contribution in [0.5, 0.6) is 0 Å². The number of benzene rings is 1. The van der Waals surface area contributed by atoms with Crippen molar-refractivity contribution < 1.29 is 0 Å². The van der Waals surface area contributed by atoms with Gasteiger partial charge in [0, 0.05) is 28.8 Å². The van der Waals surface area contributed by atoms with Gasteiger partial charge in [0.25, 0.3) is 0 Å². The van der Waals surface area contributed by atoms with Crippen molar-refractivity contribution in [1.82, 2.24) is 9.55 Å². The lowest BCUT2D eigenvalue weighted by Gasteiger charge is -2.06. The second kappa shape index (κ2) is 5.71. The highest BCUT2D eigenvalue weighted by Crippen LogP contribution is 2.32. The van der Waals surface area contributed by atoms with E-state index in [9.17, 15) is 0 Å². The van der Waals surface area contributed by atoms with Crippen LogP contribution >= 0.6 is 27.7 Å². The quantitative estimate of drug-likeness (QED) is 0.944. The number of hydrogen-bond acceptors (Lipinski definition) is 3. The van der Waals surface area contributed by atoms with E-state index in [2.05, 4.69) is 39.1 Å². The smallest absolute Gasteiger partial charge is 0.172 e. The first-order chi connectivity index (χ1) is 8.20. The van der Waals surface area contributed by atoms with Crippen LogP contribution in [0.15, 0.2) is 45.1 Å². The molecule has 0 atom stereocenters. The van der Waals surface area contributed by atoms with Crippen molar-refractivity contribution in [1.29, 1.82) is 0 Å². The van der Waals surface area contributed by atoms with E-state index >= 15 is 0 Å². The molecule has 0 aliphatic rings. The largest absolute Gasteiger partial charge is 0.330 e. The monoisotopic (exact) mass is 311 g/mol. The molecule has 3 nitrogen and oxygen atoms in total. The van der Waals surface area contributed by atoms with E-state index in [0.717, 1.165) is 16.0 Å². The molecule has 0 radical (unpaired) electrons. The Bertz CT molecular complexity index is 510. The summed E-state index contributed by atoms with van der Waals surface area (Å²) < 4.78 is 3.10. The maximum atomic E-state index is 5.54. The molecule has 0 fully saturated rings. The Morgan fingerprint density at radius 2 is 2.29 bits per heavy atom. The third kappa shape index (κ3) is 3.12. The summed E-state index contributed by atoms with van der Waals surface area (Å²) in [5, 5.41) is 0.984. The van der Waals surface area contributed by atoms with Crippen LogP contribution in [0.2, 0.25) is 0 Å². The van der Waals surface area contributed by atoms with Gasteiger partial charge in [-0.2, -0.15) is 0 Å². The lowest BCUT2D eigenvalue weighted by Crippen LogP contribution is -2.02. The zero-order valence-corrected chi connectivity index (χ0v) is 12.0. The van der Waals surface area contributed by atoms with Gasteiger partial charge in [-0.05, 0) is 46.6 Å². The Morgan fingerprint density at radius 1 is 1.47 bits per heavy atom. The Morgan fingerprint density at radius 3 is 2.88 bits per heavy atom. The third-order valence-corrected chi connectivity index (χ3v) is 4.48. The van der Waals surface area contributed by atoms with Crippen LogP contribution in [0.3, 0.4) is 0 Å². The first kappa shape index (κ1) is 12.7. The fraction of sp³-hybridized carbons (Fsp3) is 0.250. The summed E-state index contributed by atoms with van der Waals surface area (Å²) in [4.78, 5) is 5.46. The van der Waals surface area contributed by atoms with E-state index in [1.54, 1.807) is 18.0 Å². The molecule has 2 rings (SSSR count). The van der Waals surface area contributed by atoms with Gasteiger partial charge < -0.3 is 10.3 Å². The molecule has 2 N–H and O–H groups in total. The summed E-state index contributed by atoms with van der Waals surface area (Å²) in [6.07, 6.45) is 4.66. The molecule has 2 aromatic rings. The minimum atomic E-state index is 0.679. The molecule has 0 amide bonds. The van der Waals surface area contributed by atoms with Crippen LogP contribution in [0, 0.1) is 0 Å². The van der Waals surface area contributed by atoms with Crippen LogP contribution in [-0.4, -0.2) is 16.1 Å². The minimum absolute atomic E-state index is 0.679. The number of hydrogen-bond donors (Lipinski definition) is 1. The lowest BCUT2D eigenvalue weighted by atomic mass is 10.2. The Labute approximate surface area is 114 Å². The molecule has 0 saturated heterocycles. The molecule has 1 heterocycles. The maximum absolute atomic E-state index is 5.54. The number of rotatable bonds is 4. The maximum Gasteiger partial charge on any atom is 0.172 e. The number of imidazole rings is 1. The summed E-state index contributed by atoms with van der Waals surface area (Å²) in [6.45, 7) is 0.679. The van der Waals surface area contributed by atoms with Crippen molar-refractivity contribution in [3.05, 3.63) is 40.6 Å². The van der Waals surface area contributed by atoms with Gasteiger partial charge in [-0.1, -0.05) is 17.8 Å². The predicted octanol–water partition coefficient (Wildman–Crippen LogP) is 2.84. The molecular weight excluding hydrogens is 298 g/mol. The Hall–Kier alpha value is -0.780. The van der Waals surface area contributed by atoms with Gasteiger partial charge in [-0.25, -0.2) is 4.98 Å². The van der Waals surface area contributed by atoms with Crippen molar-refractivity contribution in [3.8, 4) is 0 Å². The number of aryl methyl sites for hydroxylation is 1. The molecule has 0 bridgehead atoms. The zero-order valence-electron chi connectivity index (χ0n) is 9.56. The Balaban J connectivity index is 2.19. The van der Waals surface area contributed by atoms with Crippen molar-refractivity contribution in [2.75, 3.05) is 6.54 Å². The van der Waals surface area contributed by atoms with Gasteiger partial charge in [0.2, 0.25) is 0 Å². The first-order valence-corrected chi connectivity index (χ1v) is 6.95. The second-order valence-electron chi connectivity index (χ2n) is 3.73. The number of halogens is 1. The van der Waals surface area contributed by atoms with Gasteiger partial charge in [0.15, 0.2) is 5.16 Å². The molecule has 0 spiro atoms. The van der Waals surface area contributed by atoms with Gasteiger partial charge in [-0.15, -0.1) is 0 Å². The SMILES string of the molecule is Cn1ccnc1Sc1ccc(CCN)cc1Br. The molecule has 0 aliphatic heterocycles. The molecule has 0 saturated carbocycles. The first-order valence-electron chi connectivity index (χ1n) is 5.34. The van der Waals surface area contributed by atoms with Crippen LogP contribution in [0.4, 0.5) is 0 Å². The van der Waals surface area contributed by atoms with Crippen molar-refractivity contribution in [3.63, 3.8) is 0 Å². The van der Waals surface area contributed by atoms with Gasteiger partial charge in [0.1, 0.15) is 0 Å². The van der Waals surface area contributed by atoms with E-state index in [1.807, 2.05) is 17.8 Å². The lowest BCUT2D eigenvalue weighted by molar-refractivity contribution is 0.790. The minimum Gasteiger partial charge on any atom is -0.330 e. The number of nitrogens with two attached hydrogens (primary N) is 1. The average molecular weight is 312 g/mol. The van der Waals surface area contributed by atoms with Crippen LogP contribution in [-0.2, 0) is 13.5 Å². The normalized spacial score (nSPS) is 10.8. The van der Waals surface area contributed by atoms with Crippen molar-refractivity contribution >= 4 is 27.7 Å². The van der Waals surface area contributed by atoms with Crippen molar-refractivity contribution in [2.45, 2.75) is 16.5 Å². The highest BCUT2D eigenvalue weighted by atomic mass is 79.9. The van der Waals surface area contributed by atoms with Crippen LogP contribution in [0.1, 0.15) is 5.56 Å². The zero-order chi connectivity index (χ0) is 12.3. The van der Waals surface area contributed by atoms with Gasteiger partial charge >= 0.3 is 0 Å². The van der Waals surface area contributed by atoms with E-state index < -0.39 is 0 Å². The molecule has 5 heteroatoms. The molecule has 90 valence electrons. The standard InChI is InChI=1S/C12H14BrN3S/c1-16-7-6-15-12(16)17-11-3-2-9(4-5-14)8-10(11)13/h2-3,6-8H,4-5,14H2,1H3. The summed E-state index contributed by atoms with van der Waals surface area (Å²) in [7, 11) is 1.99. The van der Waals surface area contributed by atoms with Gasteiger partial charge in [0.05, 0.1) is 0 Å². The van der Waals surface area contributed by atoms with Crippen molar-refractivity contribution in [2.24, 2.45) is 12.8 Å². The fourth-order valence-electron chi connectivity index (χ4n) is 1.50. The average Bonchev–Trinajstić information content (AvgIpc) is 2.69. The highest BCUT2D eigenvalue weighted by Gasteiger charge is 2.06. The van der Waals surface area contributed by atoms with Gasteiger partial charge in [-0.3, -0.25) is 0 Å². The van der Waals surface area contributed by atoms with E-state index in [-0.39, 0.29) is 0 Å². The second-order valence-corrected chi connectivity index (χ2v) is 5.59. The van der Waals surface area contributed by atoms with E-state index in [0.29, 0.717) is 6.54 Å². The number of aromatic nitrogens is 2. The fourth-order valence-corrected chi connectivity index (χ4v) is 2.97. The van der Waals surface area contributed by atoms with E-state index in [1.165, 1.54) is 10.5 Å². The molecular formula is C12H14BrN3S. The molecule has 1 aromatic carbocycles. The summed E-state index contributed by atoms with van der Waals surface area (Å²) >= 11 is 5.24. The summed E-state index contributed by atoms with van der Waals surface area (Å²) in [6, 6.07) is 6.34. The van der Waals surface area contributed by atoms with E-state index in [4.69, 9.17) is 5.73 Å². The topological polar surface area (TPSA) is 43.8 Å². The molecule has 0 aliphatic carbocycles. The molecule has 17 heavy (non-hydrogen) atoms. The van der Waals surface area contributed by atoms with Crippen LogP contribution < -0.4 is 5.73 Å².